The van der Waals surface area contributed by atoms with Gasteiger partial charge in [-0.25, -0.2) is 4.98 Å². The summed E-state index contributed by atoms with van der Waals surface area (Å²) in [6.07, 6.45) is 6.64. The minimum atomic E-state index is 0.144. The van der Waals surface area contributed by atoms with E-state index in [0.29, 0.717) is 6.04 Å². The van der Waals surface area contributed by atoms with Crippen molar-refractivity contribution in [2.75, 3.05) is 20.1 Å². The molecule has 1 fully saturated rings. The molecule has 5 heteroatoms. The van der Waals surface area contributed by atoms with Crippen LogP contribution in [0.25, 0.3) is 5.69 Å². The van der Waals surface area contributed by atoms with Gasteiger partial charge in [0, 0.05) is 52.0 Å². The van der Waals surface area contributed by atoms with Crippen molar-refractivity contribution >= 4 is 5.91 Å². The van der Waals surface area contributed by atoms with Crippen LogP contribution in [0.2, 0.25) is 0 Å². The Morgan fingerprint density at radius 1 is 1.41 bits per heavy atom. The number of rotatable bonds is 4. The standard InChI is InChI=1S/C17H22N4O/c1-14(22)19(2)16-7-9-20(12-16)11-15-5-3-4-6-17(15)21-10-8-18-13-21/h3-6,8,10,13,16H,7,9,11-12H2,1-2H3. The summed E-state index contributed by atoms with van der Waals surface area (Å²) < 4.78 is 2.05. The van der Waals surface area contributed by atoms with Gasteiger partial charge < -0.3 is 9.47 Å². The van der Waals surface area contributed by atoms with Crippen molar-refractivity contribution in [2.45, 2.75) is 25.9 Å². The number of hydrogen-bond acceptors (Lipinski definition) is 3. The number of likely N-dealkylation sites (tertiary alicyclic amines) is 1. The predicted molar refractivity (Wildman–Crippen MR) is 85.7 cm³/mol. The van der Waals surface area contributed by atoms with Gasteiger partial charge in [-0.15, -0.1) is 0 Å². The number of para-hydroxylation sites is 1. The zero-order chi connectivity index (χ0) is 15.5. The summed E-state index contributed by atoms with van der Waals surface area (Å²) in [6, 6.07) is 8.74. The maximum absolute atomic E-state index is 11.5. The molecule has 5 nitrogen and oxygen atoms in total. The number of imidazole rings is 1. The zero-order valence-corrected chi connectivity index (χ0v) is 13.1. The highest BCUT2D eigenvalue weighted by molar-refractivity contribution is 5.73. The van der Waals surface area contributed by atoms with Crippen molar-refractivity contribution in [3.63, 3.8) is 0 Å². The molecule has 1 aliphatic rings. The third-order valence-corrected chi connectivity index (χ3v) is 4.46. The van der Waals surface area contributed by atoms with Crippen molar-refractivity contribution in [3.8, 4) is 5.69 Å². The first kappa shape index (κ1) is 14.8. The minimum absolute atomic E-state index is 0.144. The lowest BCUT2D eigenvalue weighted by Gasteiger charge is -2.24. The molecule has 3 rings (SSSR count). The van der Waals surface area contributed by atoms with Crippen LogP contribution in [-0.4, -0.2) is 51.4 Å². The van der Waals surface area contributed by atoms with Gasteiger partial charge >= 0.3 is 0 Å². The van der Waals surface area contributed by atoms with Crippen molar-refractivity contribution in [1.29, 1.82) is 0 Å². The lowest BCUT2D eigenvalue weighted by Crippen LogP contribution is -2.37. The lowest BCUT2D eigenvalue weighted by molar-refractivity contribution is -0.129. The predicted octanol–water partition coefficient (Wildman–Crippen LogP) is 1.92. The van der Waals surface area contributed by atoms with E-state index in [-0.39, 0.29) is 5.91 Å². The Kier molecular flexibility index (Phi) is 4.24. The van der Waals surface area contributed by atoms with E-state index in [2.05, 4.69) is 34.1 Å². The molecule has 1 aliphatic heterocycles. The molecule has 0 spiro atoms. The Hall–Kier alpha value is -2.14. The van der Waals surface area contributed by atoms with Gasteiger partial charge in [0.15, 0.2) is 0 Å². The monoisotopic (exact) mass is 298 g/mol. The van der Waals surface area contributed by atoms with Crippen LogP contribution in [0.5, 0.6) is 0 Å². The molecule has 2 aromatic rings. The van der Waals surface area contributed by atoms with Gasteiger partial charge in [-0.2, -0.15) is 0 Å². The Morgan fingerprint density at radius 2 is 2.23 bits per heavy atom. The van der Waals surface area contributed by atoms with Crippen LogP contribution in [-0.2, 0) is 11.3 Å². The van der Waals surface area contributed by atoms with Gasteiger partial charge in [0.05, 0.1) is 12.0 Å². The quantitative estimate of drug-likeness (QED) is 0.866. The molecule has 1 atom stereocenters. The number of hydrogen-bond donors (Lipinski definition) is 0. The van der Waals surface area contributed by atoms with Crippen LogP contribution >= 0.6 is 0 Å². The molecule has 1 aromatic heterocycles. The van der Waals surface area contributed by atoms with E-state index in [4.69, 9.17) is 0 Å². The van der Waals surface area contributed by atoms with E-state index < -0.39 is 0 Å². The summed E-state index contributed by atoms with van der Waals surface area (Å²) in [5.41, 5.74) is 2.45. The third kappa shape index (κ3) is 3.04. The molecule has 116 valence electrons. The second kappa shape index (κ2) is 6.32. The molecule has 2 heterocycles. The number of nitrogens with zero attached hydrogens (tertiary/aromatic N) is 4. The van der Waals surface area contributed by atoms with E-state index in [9.17, 15) is 4.79 Å². The van der Waals surface area contributed by atoms with Gasteiger partial charge in [-0.05, 0) is 18.1 Å². The van der Waals surface area contributed by atoms with Gasteiger partial charge in [0.25, 0.3) is 0 Å². The van der Waals surface area contributed by atoms with Crippen LogP contribution in [0.15, 0.2) is 43.0 Å². The fraction of sp³-hybridized carbons (Fsp3) is 0.412. The van der Waals surface area contributed by atoms with Crippen molar-refractivity contribution in [3.05, 3.63) is 48.5 Å². The average molecular weight is 298 g/mol. The summed E-state index contributed by atoms with van der Waals surface area (Å²) in [5, 5.41) is 0. The van der Waals surface area contributed by atoms with Gasteiger partial charge in [-0.3, -0.25) is 9.69 Å². The number of likely N-dealkylation sites (N-methyl/N-ethyl adjacent to an activating group) is 1. The molecule has 0 radical (unpaired) electrons. The number of amides is 1. The third-order valence-electron chi connectivity index (χ3n) is 4.46. The summed E-state index contributed by atoms with van der Waals surface area (Å²) in [6.45, 7) is 4.50. The first-order chi connectivity index (χ1) is 10.6. The Labute approximate surface area is 131 Å². The largest absolute Gasteiger partial charge is 0.342 e. The normalized spacial score (nSPS) is 18.5. The molecule has 22 heavy (non-hydrogen) atoms. The van der Waals surface area contributed by atoms with E-state index in [1.165, 1.54) is 11.3 Å². The van der Waals surface area contributed by atoms with Crippen LogP contribution in [0.4, 0.5) is 0 Å². The molecule has 1 saturated heterocycles. The molecule has 1 aromatic carbocycles. The molecule has 1 unspecified atom stereocenters. The van der Waals surface area contributed by atoms with Gasteiger partial charge in [-0.1, -0.05) is 18.2 Å². The first-order valence-corrected chi connectivity index (χ1v) is 7.67. The fourth-order valence-corrected chi connectivity index (χ4v) is 3.07. The summed E-state index contributed by atoms with van der Waals surface area (Å²) in [7, 11) is 1.90. The maximum atomic E-state index is 11.5. The number of carbonyl (C=O) groups is 1. The Balaban J connectivity index is 1.71. The Morgan fingerprint density at radius 3 is 2.95 bits per heavy atom. The first-order valence-electron chi connectivity index (χ1n) is 7.67. The average Bonchev–Trinajstić information content (AvgIpc) is 3.18. The highest BCUT2D eigenvalue weighted by atomic mass is 16.2. The molecule has 0 aliphatic carbocycles. The van der Waals surface area contributed by atoms with Crippen LogP contribution in [0.3, 0.4) is 0 Å². The highest BCUT2D eigenvalue weighted by Crippen LogP contribution is 2.21. The minimum Gasteiger partial charge on any atom is -0.342 e. The van der Waals surface area contributed by atoms with Gasteiger partial charge in [0.2, 0.25) is 5.91 Å². The van der Waals surface area contributed by atoms with Crippen LogP contribution in [0.1, 0.15) is 18.9 Å². The molecular formula is C17H22N4O. The molecule has 0 bridgehead atoms. The second-order valence-electron chi connectivity index (χ2n) is 5.91. The van der Waals surface area contributed by atoms with Crippen molar-refractivity contribution < 1.29 is 4.79 Å². The van der Waals surface area contributed by atoms with Crippen LogP contribution in [0, 0.1) is 0 Å². The number of benzene rings is 1. The van der Waals surface area contributed by atoms with Crippen LogP contribution < -0.4 is 0 Å². The molecule has 0 N–H and O–H groups in total. The molecule has 1 amide bonds. The van der Waals surface area contributed by atoms with Crippen molar-refractivity contribution in [1.82, 2.24) is 19.4 Å². The molecule has 0 saturated carbocycles. The molecular weight excluding hydrogens is 276 g/mol. The topological polar surface area (TPSA) is 41.4 Å². The van der Waals surface area contributed by atoms with E-state index >= 15 is 0 Å². The van der Waals surface area contributed by atoms with E-state index in [0.717, 1.165) is 26.1 Å². The summed E-state index contributed by atoms with van der Waals surface area (Å²) >= 11 is 0. The number of carbonyl (C=O) groups excluding carboxylic acids is 1. The Bertz CT molecular complexity index is 638. The maximum Gasteiger partial charge on any atom is 0.219 e. The van der Waals surface area contributed by atoms with E-state index in [1.54, 1.807) is 13.1 Å². The SMILES string of the molecule is CC(=O)N(C)C1CCN(Cc2ccccc2-n2ccnc2)C1. The van der Waals surface area contributed by atoms with E-state index in [1.807, 2.05) is 29.0 Å². The highest BCUT2D eigenvalue weighted by Gasteiger charge is 2.27. The zero-order valence-electron chi connectivity index (χ0n) is 13.1. The second-order valence-corrected chi connectivity index (χ2v) is 5.91. The fourth-order valence-electron chi connectivity index (χ4n) is 3.07. The lowest BCUT2D eigenvalue weighted by atomic mass is 10.1. The van der Waals surface area contributed by atoms with Crippen molar-refractivity contribution in [2.24, 2.45) is 0 Å². The summed E-state index contributed by atoms with van der Waals surface area (Å²) in [5.74, 6) is 0.144. The smallest absolute Gasteiger partial charge is 0.219 e. The number of aromatic nitrogens is 2. The summed E-state index contributed by atoms with van der Waals surface area (Å²) in [4.78, 5) is 19.9. The van der Waals surface area contributed by atoms with Gasteiger partial charge in [0.1, 0.15) is 0 Å².